The minimum atomic E-state index is 0.308. The maximum Gasteiger partial charge on any atom is 0.0489 e. The van der Waals surface area contributed by atoms with E-state index in [0.29, 0.717) is 11.4 Å². The number of hydrogen-bond donors (Lipinski definition) is 1. The molecule has 2 unspecified atom stereocenters. The Morgan fingerprint density at radius 3 is 3.00 bits per heavy atom. The van der Waals surface area contributed by atoms with Gasteiger partial charge in [-0.05, 0) is 30.9 Å². The van der Waals surface area contributed by atoms with Crippen LogP contribution in [0.1, 0.15) is 30.4 Å². The van der Waals surface area contributed by atoms with Crippen LogP contribution in [0.3, 0.4) is 0 Å². The molecule has 3 heteroatoms. The van der Waals surface area contributed by atoms with Crippen LogP contribution in [0.15, 0.2) is 18.5 Å². The van der Waals surface area contributed by atoms with Gasteiger partial charge in [-0.15, -0.1) is 11.6 Å². The normalized spacial score (nSPS) is 25.7. The summed E-state index contributed by atoms with van der Waals surface area (Å²) in [6.45, 7) is 2.94. The van der Waals surface area contributed by atoms with Gasteiger partial charge in [-0.2, -0.15) is 0 Å². The highest BCUT2D eigenvalue weighted by molar-refractivity contribution is 6.21. The van der Waals surface area contributed by atoms with Gasteiger partial charge >= 0.3 is 0 Å². The Morgan fingerprint density at radius 1 is 1.47 bits per heavy atom. The number of halogens is 1. The second kappa shape index (κ2) is 4.95. The minimum absolute atomic E-state index is 0.308. The molecule has 0 amide bonds. The zero-order valence-corrected chi connectivity index (χ0v) is 9.80. The van der Waals surface area contributed by atoms with Crippen molar-refractivity contribution >= 4 is 11.6 Å². The van der Waals surface area contributed by atoms with Crippen LogP contribution in [0.4, 0.5) is 0 Å². The number of aryl methyl sites for hydroxylation is 1. The zero-order valence-electron chi connectivity index (χ0n) is 9.04. The molecule has 1 aromatic rings. The van der Waals surface area contributed by atoms with E-state index in [4.69, 9.17) is 11.6 Å². The Labute approximate surface area is 96.1 Å². The third-order valence-electron chi connectivity index (χ3n) is 2.93. The van der Waals surface area contributed by atoms with Crippen LogP contribution in [0.5, 0.6) is 0 Å². The molecule has 2 atom stereocenters. The maximum atomic E-state index is 6.20. The Morgan fingerprint density at radius 2 is 2.33 bits per heavy atom. The molecule has 1 fully saturated rings. The highest BCUT2D eigenvalue weighted by Gasteiger charge is 2.24. The molecule has 1 saturated carbocycles. The van der Waals surface area contributed by atoms with Gasteiger partial charge in [0.25, 0.3) is 0 Å². The van der Waals surface area contributed by atoms with Gasteiger partial charge in [0, 0.05) is 30.4 Å². The van der Waals surface area contributed by atoms with E-state index < -0.39 is 0 Å². The zero-order chi connectivity index (χ0) is 10.7. The van der Waals surface area contributed by atoms with E-state index in [-0.39, 0.29) is 0 Å². The lowest BCUT2D eigenvalue weighted by Gasteiger charge is -2.15. The van der Waals surface area contributed by atoms with Gasteiger partial charge in [-0.3, -0.25) is 4.98 Å². The Hall–Kier alpha value is -0.600. The quantitative estimate of drug-likeness (QED) is 0.799. The first-order valence-corrected chi connectivity index (χ1v) is 5.97. The molecule has 0 bridgehead atoms. The molecule has 1 aliphatic carbocycles. The van der Waals surface area contributed by atoms with Gasteiger partial charge in [-0.25, -0.2) is 0 Å². The summed E-state index contributed by atoms with van der Waals surface area (Å²) in [5, 5.41) is 3.81. The van der Waals surface area contributed by atoms with Crippen LogP contribution in [0, 0.1) is 6.92 Å². The highest BCUT2D eigenvalue weighted by atomic mass is 35.5. The van der Waals surface area contributed by atoms with Gasteiger partial charge in [0.1, 0.15) is 0 Å². The van der Waals surface area contributed by atoms with Crippen molar-refractivity contribution in [1.29, 1.82) is 0 Å². The summed E-state index contributed by atoms with van der Waals surface area (Å²) in [6.07, 6.45) is 7.39. The number of hydrogen-bond acceptors (Lipinski definition) is 2. The molecule has 1 heterocycles. The Balaban J connectivity index is 1.87. The monoisotopic (exact) mass is 224 g/mol. The first-order valence-electron chi connectivity index (χ1n) is 5.53. The first kappa shape index (κ1) is 10.9. The van der Waals surface area contributed by atoms with Crippen LogP contribution < -0.4 is 5.32 Å². The predicted molar refractivity (Wildman–Crippen MR) is 63.1 cm³/mol. The van der Waals surface area contributed by atoms with E-state index in [1.807, 2.05) is 12.4 Å². The fourth-order valence-electron chi connectivity index (χ4n) is 2.11. The summed E-state index contributed by atoms with van der Waals surface area (Å²) in [5.41, 5.74) is 2.45. The van der Waals surface area contributed by atoms with Crippen LogP contribution >= 0.6 is 11.6 Å². The topological polar surface area (TPSA) is 24.9 Å². The van der Waals surface area contributed by atoms with Gasteiger partial charge in [0.05, 0.1) is 0 Å². The number of alkyl halides is 1. The second-order valence-electron chi connectivity index (χ2n) is 4.30. The average Bonchev–Trinajstić information content (AvgIpc) is 2.61. The fraction of sp³-hybridized carbons (Fsp3) is 0.583. The smallest absolute Gasteiger partial charge is 0.0489 e. The number of nitrogens with zero attached hydrogens (tertiary/aromatic N) is 1. The molecule has 15 heavy (non-hydrogen) atoms. The summed E-state index contributed by atoms with van der Waals surface area (Å²) in [4.78, 5) is 4.18. The highest BCUT2D eigenvalue weighted by Crippen LogP contribution is 2.24. The van der Waals surface area contributed by atoms with Crippen molar-refractivity contribution in [2.45, 2.75) is 44.1 Å². The Bertz CT molecular complexity index is 327. The van der Waals surface area contributed by atoms with E-state index >= 15 is 0 Å². The number of pyridine rings is 1. The van der Waals surface area contributed by atoms with Gasteiger partial charge in [-0.1, -0.05) is 12.5 Å². The van der Waals surface area contributed by atoms with Crippen LogP contribution in [0.25, 0.3) is 0 Å². The first-order chi connectivity index (χ1) is 7.25. The SMILES string of the molecule is Cc1cncc(CNC2CCCC2Cl)c1. The number of rotatable bonds is 3. The predicted octanol–water partition coefficient (Wildman–Crippen LogP) is 2.64. The largest absolute Gasteiger partial charge is 0.308 e. The van der Waals surface area contributed by atoms with E-state index in [9.17, 15) is 0 Å². The standard InChI is InChI=1S/C12H17ClN2/c1-9-5-10(7-14-6-9)8-15-12-4-2-3-11(12)13/h5-7,11-12,15H,2-4,8H2,1H3. The molecule has 82 valence electrons. The van der Waals surface area contributed by atoms with Crippen LogP contribution in [0.2, 0.25) is 0 Å². The summed E-state index contributed by atoms with van der Waals surface area (Å²) >= 11 is 6.20. The molecule has 1 aliphatic rings. The summed E-state index contributed by atoms with van der Waals surface area (Å²) in [5.74, 6) is 0. The molecular weight excluding hydrogens is 208 g/mol. The van der Waals surface area contributed by atoms with Crippen molar-refractivity contribution in [1.82, 2.24) is 10.3 Å². The molecular formula is C12H17ClN2. The van der Waals surface area contributed by atoms with E-state index in [2.05, 4.69) is 23.3 Å². The molecule has 0 aliphatic heterocycles. The minimum Gasteiger partial charge on any atom is -0.308 e. The van der Waals surface area contributed by atoms with Crippen molar-refractivity contribution in [3.05, 3.63) is 29.6 Å². The molecule has 0 saturated heterocycles. The van der Waals surface area contributed by atoms with E-state index in [1.54, 1.807) is 0 Å². The fourth-order valence-corrected chi connectivity index (χ4v) is 2.48. The summed E-state index contributed by atoms with van der Waals surface area (Å²) < 4.78 is 0. The number of aromatic nitrogens is 1. The van der Waals surface area contributed by atoms with Crippen LogP contribution in [-0.4, -0.2) is 16.4 Å². The summed E-state index contributed by atoms with van der Waals surface area (Å²) in [7, 11) is 0. The average molecular weight is 225 g/mol. The third kappa shape index (κ3) is 2.93. The van der Waals surface area contributed by atoms with Gasteiger partial charge in [0.2, 0.25) is 0 Å². The third-order valence-corrected chi connectivity index (χ3v) is 3.45. The van der Waals surface area contributed by atoms with E-state index in [1.165, 1.54) is 24.0 Å². The van der Waals surface area contributed by atoms with Crippen molar-refractivity contribution < 1.29 is 0 Å². The Kier molecular flexibility index (Phi) is 3.60. The van der Waals surface area contributed by atoms with Gasteiger partial charge < -0.3 is 5.32 Å². The molecule has 0 radical (unpaired) electrons. The van der Waals surface area contributed by atoms with E-state index in [0.717, 1.165) is 13.0 Å². The molecule has 1 aromatic heterocycles. The maximum absolute atomic E-state index is 6.20. The van der Waals surface area contributed by atoms with Crippen molar-refractivity contribution in [3.63, 3.8) is 0 Å². The van der Waals surface area contributed by atoms with Gasteiger partial charge in [0.15, 0.2) is 0 Å². The lowest BCUT2D eigenvalue weighted by molar-refractivity contribution is 0.528. The van der Waals surface area contributed by atoms with Crippen molar-refractivity contribution in [3.8, 4) is 0 Å². The molecule has 2 nitrogen and oxygen atoms in total. The molecule has 0 spiro atoms. The lowest BCUT2D eigenvalue weighted by atomic mass is 10.2. The summed E-state index contributed by atoms with van der Waals surface area (Å²) in [6, 6.07) is 2.64. The van der Waals surface area contributed by atoms with Crippen molar-refractivity contribution in [2.24, 2.45) is 0 Å². The second-order valence-corrected chi connectivity index (χ2v) is 4.87. The lowest BCUT2D eigenvalue weighted by Crippen LogP contribution is -2.32. The molecule has 2 rings (SSSR count). The van der Waals surface area contributed by atoms with Crippen LogP contribution in [-0.2, 0) is 6.54 Å². The molecule has 0 aromatic carbocycles. The number of nitrogens with one attached hydrogen (secondary N) is 1. The van der Waals surface area contributed by atoms with Crippen molar-refractivity contribution in [2.75, 3.05) is 0 Å². The molecule has 1 N–H and O–H groups in total.